The van der Waals surface area contributed by atoms with Gasteiger partial charge in [0.15, 0.2) is 0 Å². The fourth-order valence-corrected chi connectivity index (χ4v) is 4.82. The van der Waals surface area contributed by atoms with E-state index in [4.69, 9.17) is 0 Å². The summed E-state index contributed by atoms with van der Waals surface area (Å²) in [7, 11) is 1.72. The van der Waals surface area contributed by atoms with Crippen molar-refractivity contribution in [2.24, 2.45) is 7.05 Å². The number of anilines is 1. The summed E-state index contributed by atoms with van der Waals surface area (Å²) in [4.78, 5) is 24.7. The molecule has 7 nitrogen and oxygen atoms in total. The minimum atomic E-state index is -0.257. The molecule has 2 aliphatic rings. The molecule has 0 aliphatic heterocycles. The lowest BCUT2D eigenvalue weighted by Gasteiger charge is -2.16. The monoisotopic (exact) mass is 413 g/mol. The van der Waals surface area contributed by atoms with Crippen molar-refractivity contribution < 1.29 is 9.59 Å². The van der Waals surface area contributed by atoms with Gasteiger partial charge in [0.25, 0.3) is 5.91 Å². The van der Waals surface area contributed by atoms with E-state index in [1.807, 2.05) is 6.92 Å². The molecule has 4 rings (SSSR count). The second-order valence-corrected chi connectivity index (χ2v) is 8.47. The Morgan fingerprint density at radius 3 is 2.45 bits per heavy atom. The van der Waals surface area contributed by atoms with Crippen LogP contribution in [0.5, 0.6) is 0 Å². The number of nitrogens with zero attached hydrogens (tertiary/aromatic N) is 2. The lowest BCUT2D eigenvalue weighted by molar-refractivity contribution is 0.0944. The SMILES string of the molecule is CCCNC(=O)c1cc(SNC(=O)Nc2c3c(cc4c2CCC4)CCC3)nn1C. The van der Waals surface area contributed by atoms with Crippen molar-refractivity contribution in [1.29, 1.82) is 0 Å². The zero-order chi connectivity index (χ0) is 20.4. The van der Waals surface area contributed by atoms with Gasteiger partial charge in [-0.2, -0.15) is 5.10 Å². The molecule has 0 fully saturated rings. The van der Waals surface area contributed by atoms with Crippen LogP contribution < -0.4 is 15.4 Å². The molecule has 0 saturated heterocycles. The van der Waals surface area contributed by atoms with E-state index < -0.39 is 0 Å². The second-order valence-electron chi connectivity index (χ2n) is 7.64. The lowest BCUT2D eigenvalue weighted by atomic mass is 9.99. The number of benzene rings is 1. The Balaban J connectivity index is 1.41. The number of hydrogen-bond acceptors (Lipinski definition) is 4. The molecule has 8 heteroatoms. The van der Waals surface area contributed by atoms with Crippen molar-refractivity contribution in [3.8, 4) is 0 Å². The number of amides is 3. The molecule has 1 aromatic carbocycles. The Labute approximate surface area is 175 Å². The maximum absolute atomic E-state index is 12.6. The summed E-state index contributed by atoms with van der Waals surface area (Å²) in [6.07, 6.45) is 7.44. The van der Waals surface area contributed by atoms with E-state index in [0.29, 0.717) is 17.3 Å². The summed E-state index contributed by atoms with van der Waals surface area (Å²) in [5.74, 6) is -0.159. The molecule has 0 atom stereocenters. The summed E-state index contributed by atoms with van der Waals surface area (Å²) in [6.45, 7) is 2.63. The largest absolute Gasteiger partial charge is 0.351 e. The molecular weight excluding hydrogens is 386 g/mol. The van der Waals surface area contributed by atoms with Crippen LogP contribution in [0.25, 0.3) is 0 Å². The first-order valence-electron chi connectivity index (χ1n) is 10.3. The molecule has 2 aliphatic carbocycles. The van der Waals surface area contributed by atoms with Gasteiger partial charge in [0, 0.05) is 37.3 Å². The van der Waals surface area contributed by atoms with Crippen molar-refractivity contribution in [2.75, 3.05) is 11.9 Å². The van der Waals surface area contributed by atoms with E-state index in [0.717, 1.165) is 62.6 Å². The fourth-order valence-electron chi connectivity index (χ4n) is 4.24. The van der Waals surface area contributed by atoms with Gasteiger partial charge in [-0.25, -0.2) is 4.79 Å². The Bertz CT molecular complexity index is 921. The molecule has 29 heavy (non-hydrogen) atoms. The predicted molar refractivity (Wildman–Crippen MR) is 114 cm³/mol. The van der Waals surface area contributed by atoms with Gasteiger partial charge in [-0.05, 0) is 67.2 Å². The third-order valence-electron chi connectivity index (χ3n) is 5.59. The van der Waals surface area contributed by atoms with Crippen LogP contribution in [0.1, 0.15) is 58.9 Å². The van der Waals surface area contributed by atoms with Crippen molar-refractivity contribution >= 4 is 29.6 Å². The van der Waals surface area contributed by atoms with E-state index >= 15 is 0 Å². The highest BCUT2D eigenvalue weighted by Gasteiger charge is 2.25. The van der Waals surface area contributed by atoms with E-state index in [9.17, 15) is 9.59 Å². The van der Waals surface area contributed by atoms with Crippen LogP contribution in [0.4, 0.5) is 10.5 Å². The van der Waals surface area contributed by atoms with Crippen LogP contribution in [-0.4, -0.2) is 28.3 Å². The molecule has 0 unspecified atom stereocenters. The van der Waals surface area contributed by atoms with Crippen molar-refractivity contribution in [3.05, 3.63) is 40.1 Å². The maximum Gasteiger partial charge on any atom is 0.329 e. The quantitative estimate of drug-likeness (QED) is 0.634. The van der Waals surface area contributed by atoms with Crippen molar-refractivity contribution in [1.82, 2.24) is 19.8 Å². The van der Waals surface area contributed by atoms with Gasteiger partial charge >= 0.3 is 6.03 Å². The standard InChI is InChI=1S/C21H27N5O2S/c1-3-10-22-20(27)17-12-18(24-26(17)2)29-25-21(28)23-19-15-8-4-6-13(15)11-14-7-5-9-16(14)19/h11-12H,3-10H2,1-2H3,(H,22,27)(H2,23,25,28). The Kier molecular flexibility index (Phi) is 5.80. The molecule has 0 radical (unpaired) electrons. The zero-order valence-electron chi connectivity index (χ0n) is 16.9. The highest BCUT2D eigenvalue weighted by molar-refractivity contribution is 7.97. The van der Waals surface area contributed by atoms with Gasteiger partial charge < -0.3 is 10.6 Å². The van der Waals surface area contributed by atoms with Crippen LogP contribution in [0.3, 0.4) is 0 Å². The number of aryl methyl sites for hydroxylation is 3. The summed E-state index contributed by atoms with van der Waals surface area (Å²) < 4.78 is 4.34. The number of aromatic nitrogens is 2. The molecule has 0 spiro atoms. The molecule has 3 N–H and O–H groups in total. The van der Waals surface area contributed by atoms with Crippen LogP contribution in [0, 0.1) is 0 Å². The average Bonchev–Trinajstić information content (AvgIpc) is 3.43. The van der Waals surface area contributed by atoms with Crippen LogP contribution in [0.15, 0.2) is 17.2 Å². The highest BCUT2D eigenvalue weighted by atomic mass is 32.2. The number of hydrogen-bond donors (Lipinski definition) is 3. The molecule has 154 valence electrons. The van der Waals surface area contributed by atoms with Crippen LogP contribution in [-0.2, 0) is 32.7 Å². The molecular formula is C21H27N5O2S. The Morgan fingerprint density at radius 1 is 1.10 bits per heavy atom. The first-order chi connectivity index (χ1) is 14.1. The van der Waals surface area contributed by atoms with E-state index in [1.54, 1.807) is 13.1 Å². The third-order valence-corrected chi connectivity index (χ3v) is 6.28. The topological polar surface area (TPSA) is 88.1 Å². The van der Waals surface area contributed by atoms with Gasteiger partial charge in [0.05, 0.1) is 0 Å². The summed E-state index contributed by atoms with van der Waals surface area (Å²) in [6, 6.07) is 3.78. The number of carbonyl (C=O) groups excluding carboxylic acids is 2. The third kappa shape index (κ3) is 4.12. The van der Waals surface area contributed by atoms with E-state index in [2.05, 4.69) is 26.5 Å². The number of carbonyl (C=O) groups is 2. The number of urea groups is 1. The minimum Gasteiger partial charge on any atom is -0.351 e. The van der Waals surface area contributed by atoms with Gasteiger partial charge in [-0.1, -0.05) is 13.0 Å². The summed E-state index contributed by atoms with van der Waals surface area (Å²) in [5.41, 5.74) is 6.88. The normalized spacial score (nSPS) is 14.4. The van der Waals surface area contributed by atoms with Crippen LogP contribution in [0.2, 0.25) is 0 Å². The molecule has 1 aromatic heterocycles. The second kappa shape index (κ2) is 8.49. The van der Waals surface area contributed by atoms with E-state index in [1.165, 1.54) is 26.9 Å². The van der Waals surface area contributed by atoms with Crippen molar-refractivity contribution in [2.45, 2.75) is 56.9 Å². The molecule has 2 aromatic rings. The maximum atomic E-state index is 12.6. The number of rotatable bonds is 6. The van der Waals surface area contributed by atoms with Gasteiger partial charge in [0.2, 0.25) is 0 Å². The number of fused-ring (bicyclic) bond motifs is 2. The summed E-state index contributed by atoms with van der Waals surface area (Å²) >= 11 is 1.12. The first-order valence-corrected chi connectivity index (χ1v) is 11.1. The zero-order valence-corrected chi connectivity index (χ0v) is 17.7. The predicted octanol–water partition coefficient (Wildman–Crippen LogP) is 3.37. The highest BCUT2D eigenvalue weighted by Crippen LogP contribution is 2.38. The Hall–Kier alpha value is -2.48. The first kappa shape index (κ1) is 19.8. The molecule has 0 saturated carbocycles. The minimum absolute atomic E-state index is 0.159. The van der Waals surface area contributed by atoms with Crippen molar-refractivity contribution in [3.63, 3.8) is 0 Å². The van der Waals surface area contributed by atoms with Crippen LogP contribution >= 0.6 is 11.9 Å². The number of nitrogens with one attached hydrogen (secondary N) is 3. The Morgan fingerprint density at radius 2 is 1.79 bits per heavy atom. The fraction of sp³-hybridized carbons (Fsp3) is 0.476. The van der Waals surface area contributed by atoms with Gasteiger partial charge in [-0.3, -0.25) is 14.2 Å². The smallest absolute Gasteiger partial charge is 0.329 e. The van der Waals surface area contributed by atoms with Gasteiger partial charge in [-0.15, -0.1) is 0 Å². The van der Waals surface area contributed by atoms with E-state index in [-0.39, 0.29) is 11.9 Å². The summed E-state index contributed by atoms with van der Waals surface area (Å²) in [5, 5.41) is 10.8. The van der Waals surface area contributed by atoms with Gasteiger partial charge in [0.1, 0.15) is 10.7 Å². The lowest BCUT2D eigenvalue weighted by Crippen LogP contribution is -2.26. The molecule has 0 bridgehead atoms. The molecule has 3 amide bonds. The average molecular weight is 414 g/mol. The molecule has 1 heterocycles.